The van der Waals surface area contributed by atoms with Crippen LogP contribution in [0.15, 0.2) is 69.9 Å². The highest BCUT2D eigenvalue weighted by atomic mass is 16.5. The molecule has 0 atom stereocenters. The Balaban J connectivity index is 1.66. The van der Waals surface area contributed by atoms with Crippen LogP contribution < -0.4 is 19.8 Å². The Hall–Kier alpha value is -4.39. The molecule has 0 N–H and O–H groups in total. The lowest BCUT2D eigenvalue weighted by atomic mass is 9.97. The maximum Gasteiger partial charge on any atom is 0.339 e. The molecule has 1 heterocycles. The fraction of sp³-hybridized carbons (Fsp3) is 0.207. The standard InChI is InChI=1S/C29H26O7/c1-5-27(31)35-25-11-10-20-13-21(29(32)36-28(20)17(25)2)16-24(30)19-9-12-26(34-4)23(15-19)18-7-6-8-22(14-18)33-3/h6-15H,5,16H2,1-4H3. The highest BCUT2D eigenvalue weighted by Crippen LogP contribution is 2.33. The minimum atomic E-state index is -0.612. The van der Waals surface area contributed by atoms with Crippen molar-refractivity contribution in [3.05, 3.63) is 87.8 Å². The molecule has 0 saturated heterocycles. The molecule has 0 aliphatic carbocycles. The average molecular weight is 487 g/mol. The summed E-state index contributed by atoms with van der Waals surface area (Å²) in [5.41, 5.74) is 2.50. The molecule has 4 rings (SSSR count). The fourth-order valence-corrected chi connectivity index (χ4v) is 3.95. The van der Waals surface area contributed by atoms with Crippen molar-refractivity contribution in [3.8, 4) is 28.4 Å². The maximum atomic E-state index is 13.2. The number of fused-ring (bicyclic) bond motifs is 1. The number of hydrogen-bond acceptors (Lipinski definition) is 7. The molecule has 184 valence electrons. The molecular weight excluding hydrogens is 460 g/mol. The first-order chi connectivity index (χ1) is 17.3. The summed E-state index contributed by atoms with van der Waals surface area (Å²) < 4.78 is 21.7. The number of esters is 1. The van der Waals surface area contributed by atoms with Gasteiger partial charge in [0.2, 0.25) is 0 Å². The molecule has 0 unspecified atom stereocenters. The number of hydrogen-bond donors (Lipinski definition) is 0. The lowest BCUT2D eigenvalue weighted by Crippen LogP contribution is -2.14. The van der Waals surface area contributed by atoms with E-state index in [0.29, 0.717) is 39.3 Å². The molecule has 0 aliphatic heterocycles. The lowest BCUT2D eigenvalue weighted by molar-refractivity contribution is -0.134. The number of methoxy groups -OCH3 is 2. The summed E-state index contributed by atoms with van der Waals surface area (Å²) in [5.74, 6) is 1.01. The second-order valence-corrected chi connectivity index (χ2v) is 8.24. The highest BCUT2D eigenvalue weighted by molar-refractivity contribution is 5.99. The van der Waals surface area contributed by atoms with E-state index in [4.69, 9.17) is 18.6 Å². The highest BCUT2D eigenvalue weighted by Gasteiger charge is 2.17. The molecule has 0 spiro atoms. The number of carbonyl (C=O) groups is 2. The monoisotopic (exact) mass is 486 g/mol. The Kier molecular flexibility index (Phi) is 7.20. The Labute approximate surface area is 208 Å². The van der Waals surface area contributed by atoms with Crippen molar-refractivity contribution < 1.29 is 28.2 Å². The fourth-order valence-electron chi connectivity index (χ4n) is 3.95. The van der Waals surface area contributed by atoms with Gasteiger partial charge < -0.3 is 18.6 Å². The topological polar surface area (TPSA) is 92.0 Å². The van der Waals surface area contributed by atoms with Gasteiger partial charge in [-0.25, -0.2) is 4.79 Å². The van der Waals surface area contributed by atoms with Gasteiger partial charge in [-0.2, -0.15) is 0 Å². The van der Waals surface area contributed by atoms with Gasteiger partial charge in [0.25, 0.3) is 0 Å². The Morgan fingerprint density at radius 2 is 1.69 bits per heavy atom. The molecule has 0 aliphatic rings. The normalized spacial score (nSPS) is 10.8. The van der Waals surface area contributed by atoms with Crippen LogP contribution in [0, 0.1) is 6.92 Å². The third-order valence-electron chi connectivity index (χ3n) is 5.94. The molecule has 7 nitrogen and oxygen atoms in total. The van der Waals surface area contributed by atoms with Crippen LogP contribution in [0.1, 0.15) is 34.8 Å². The van der Waals surface area contributed by atoms with E-state index in [1.807, 2.05) is 24.3 Å². The van der Waals surface area contributed by atoms with Crippen LogP contribution in [-0.2, 0) is 11.2 Å². The van der Waals surface area contributed by atoms with Gasteiger partial charge in [0.05, 0.1) is 14.2 Å². The zero-order valence-electron chi connectivity index (χ0n) is 20.5. The lowest BCUT2D eigenvalue weighted by Gasteiger charge is -2.12. The van der Waals surface area contributed by atoms with Crippen LogP contribution in [0.3, 0.4) is 0 Å². The van der Waals surface area contributed by atoms with E-state index < -0.39 is 5.63 Å². The molecule has 36 heavy (non-hydrogen) atoms. The van der Waals surface area contributed by atoms with Gasteiger partial charge in [0.15, 0.2) is 5.78 Å². The summed E-state index contributed by atoms with van der Waals surface area (Å²) in [7, 11) is 3.16. The van der Waals surface area contributed by atoms with Gasteiger partial charge in [0.1, 0.15) is 22.8 Å². The summed E-state index contributed by atoms with van der Waals surface area (Å²) in [5, 5.41) is 0.637. The van der Waals surface area contributed by atoms with Crippen LogP contribution in [0.2, 0.25) is 0 Å². The molecule has 0 fully saturated rings. The summed E-state index contributed by atoms with van der Waals surface area (Å²) in [6.07, 6.45) is 0.0984. The van der Waals surface area contributed by atoms with Crippen molar-refractivity contribution >= 4 is 22.7 Å². The van der Waals surface area contributed by atoms with Crippen LogP contribution in [-0.4, -0.2) is 26.0 Å². The van der Waals surface area contributed by atoms with Gasteiger partial charge in [0, 0.05) is 40.5 Å². The number of ketones is 1. The number of aryl methyl sites for hydroxylation is 1. The Morgan fingerprint density at radius 3 is 2.42 bits per heavy atom. The molecule has 0 bridgehead atoms. The summed E-state index contributed by atoms with van der Waals surface area (Å²) in [6, 6.07) is 17.6. The molecule has 4 aromatic rings. The van der Waals surface area contributed by atoms with Crippen molar-refractivity contribution in [1.82, 2.24) is 0 Å². The van der Waals surface area contributed by atoms with Gasteiger partial charge in [-0.1, -0.05) is 19.1 Å². The number of carbonyl (C=O) groups excluding carboxylic acids is 2. The van der Waals surface area contributed by atoms with E-state index in [1.165, 1.54) is 0 Å². The second-order valence-electron chi connectivity index (χ2n) is 8.24. The van der Waals surface area contributed by atoms with E-state index in [9.17, 15) is 14.4 Å². The van der Waals surface area contributed by atoms with Crippen LogP contribution in [0.4, 0.5) is 0 Å². The molecule has 3 aromatic carbocycles. The molecule has 0 amide bonds. The summed E-state index contributed by atoms with van der Waals surface area (Å²) >= 11 is 0. The first-order valence-corrected chi connectivity index (χ1v) is 11.5. The van der Waals surface area contributed by atoms with E-state index in [2.05, 4.69) is 0 Å². The zero-order valence-corrected chi connectivity index (χ0v) is 20.5. The largest absolute Gasteiger partial charge is 0.497 e. The first kappa shape index (κ1) is 24.7. The van der Waals surface area contributed by atoms with Crippen molar-refractivity contribution in [3.63, 3.8) is 0 Å². The Morgan fingerprint density at radius 1 is 0.917 bits per heavy atom. The number of rotatable bonds is 8. The second kappa shape index (κ2) is 10.5. The van der Waals surface area contributed by atoms with Crippen LogP contribution in [0.5, 0.6) is 17.2 Å². The molecule has 0 saturated carbocycles. The number of ether oxygens (including phenoxy) is 3. The predicted molar refractivity (Wildman–Crippen MR) is 136 cm³/mol. The smallest absolute Gasteiger partial charge is 0.339 e. The van der Waals surface area contributed by atoms with Crippen molar-refractivity contribution in [1.29, 1.82) is 0 Å². The van der Waals surface area contributed by atoms with Crippen molar-refractivity contribution in [2.45, 2.75) is 26.7 Å². The third kappa shape index (κ3) is 5.00. The minimum Gasteiger partial charge on any atom is -0.497 e. The molecule has 1 aromatic heterocycles. The first-order valence-electron chi connectivity index (χ1n) is 11.5. The van der Waals surface area contributed by atoms with E-state index in [1.54, 1.807) is 64.5 Å². The predicted octanol–water partition coefficient (Wildman–Crippen LogP) is 5.53. The average Bonchev–Trinajstić information content (AvgIpc) is 2.90. The SMILES string of the molecule is CCC(=O)Oc1ccc2cc(CC(=O)c3ccc(OC)c(-c4cccc(OC)c4)c3)c(=O)oc2c1C. The van der Waals surface area contributed by atoms with Gasteiger partial charge in [-0.05, 0) is 61.0 Å². The third-order valence-corrected chi connectivity index (χ3v) is 5.94. The van der Waals surface area contributed by atoms with Crippen LogP contribution in [0.25, 0.3) is 22.1 Å². The van der Waals surface area contributed by atoms with Gasteiger partial charge in [-0.15, -0.1) is 0 Å². The van der Waals surface area contributed by atoms with E-state index in [0.717, 1.165) is 11.1 Å². The van der Waals surface area contributed by atoms with Crippen LogP contribution >= 0.6 is 0 Å². The quantitative estimate of drug-likeness (QED) is 0.140. The molecular formula is C29H26O7. The molecule has 7 heteroatoms. The summed E-state index contributed by atoms with van der Waals surface area (Å²) in [4.78, 5) is 37.6. The summed E-state index contributed by atoms with van der Waals surface area (Å²) in [6.45, 7) is 3.41. The van der Waals surface area contributed by atoms with Crippen molar-refractivity contribution in [2.24, 2.45) is 0 Å². The number of benzene rings is 3. The molecule has 0 radical (unpaired) electrons. The maximum absolute atomic E-state index is 13.2. The van der Waals surface area contributed by atoms with E-state index >= 15 is 0 Å². The van der Waals surface area contributed by atoms with Crippen molar-refractivity contribution in [2.75, 3.05) is 14.2 Å². The van der Waals surface area contributed by atoms with Gasteiger partial charge >= 0.3 is 11.6 Å². The van der Waals surface area contributed by atoms with Gasteiger partial charge in [-0.3, -0.25) is 9.59 Å². The number of Topliss-reactive ketones (excluding diaryl/α,β-unsaturated/α-hetero) is 1. The minimum absolute atomic E-state index is 0.131. The Bertz CT molecular complexity index is 1510. The zero-order chi connectivity index (χ0) is 25.8. The van der Waals surface area contributed by atoms with E-state index in [-0.39, 0.29) is 30.2 Å².